The number of hydrogen-bond donors (Lipinski definition) is 1. The van der Waals surface area contributed by atoms with Crippen molar-refractivity contribution in [2.45, 2.75) is 4.90 Å². The zero-order chi connectivity index (χ0) is 16.9. The molecule has 0 saturated carbocycles. The van der Waals surface area contributed by atoms with Gasteiger partial charge in [-0.1, -0.05) is 48.5 Å². The zero-order valence-electron chi connectivity index (χ0n) is 13.5. The van der Waals surface area contributed by atoms with E-state index >= 15 is 0 Å². The number of benzene rings is 2. The van der Waals surface area contributed by atoms with Gasteiger partial charge in [0, 0.05) is 6.07 Å². The van der Waals surface area contributed by atoms with Gasteiger partial charge in [0.1, 0.15) is 10.1 Å². The Labute approximate surface area is 149 Å². The van der Waals surface area contributed by atoms with Crippen molar-refractivity contribution in [2.24, 2.45) is 0 Å². The summed E-state index contributed by atoms with van der Waals surface area (Å²) in [5.41, 5.74) is -0.0972. The summed E-state index contributed by atoms with van der Waals surface area (Å²) >= 11 is 0. The average molecular weight is 384 g/mol. The molecule has 0 aromatic heterocycles. The lowest BCUT2D eigenvalue weighted by atomic mass is 10.1. The standard InChI is InChI=1S/C10H8O3S.C7H6O2.3H2O/c11-14(12,13)10-6-5-8-3-1-2-4-9(8)7-10;8-6-4-2-1-3-5-7(6)9;;;/h1-7H,(H,11,12,13);1-5H,(H,8,9);3*1H2. The van der Waals surface area contributed by atoms with Gasteiger partial charge in [0.15, 0.2) is 0 Å². The van der Waals surface area contributed by atoms with E-state index in [4.69, 9.17) is 9.90 Å². The highest BCUT2D eigenvalue weighted by Gasteiger charge is 2.01. The fraction of sp³-hybridized carbons (Fsp3) is 0. The minimum absolute atomic E-state index is 0. The molecule has 8 N–H and O–H groups in total. The van der Waals surface area contributed by atoms with Crippen molar-refractivity contribution in [3.63, 3.8) is 0 Å². The van der Waals surface area contributed by atoms with E-state index in [9.17, 15) is 13.0 Å². The molecule has 3 aromatic carbocycles. The Morgan fingerprint density at radius 2 is 1.31 bits per heavy atom. The quantitative estimate of drug-likeness (QED) is 0.443. The molecule has 0 fully saturated rings. The molecular formula is C17H20O8S. The second-order valence-electron chi connectivity index (χ2n) is 4.64. The molecule has 0 unspecified atom stereocenters. The first-order chi connectivity index (χ1) is 10.9. The van der Waals surface area contributed by atoms with Crippen molar-refractivity contribution in [2.75, 3.05) is 0 Å². The van der Waals surface area contributed by atoms with E-state index in [-0.39, 0.29) is 32.5 Å². The fourth-order valence-electron chi connectivity index (χ4n) is 1.85. The number of hydrogen-bond acceptors (Lipinski definition) is 4. The van der Waals surface area contributed by atoms with Gasteiger partial charge in [0.2, 0.25) is 5.75 Å². The molecule has 9 heteroatoms. The lowest BCUT2D eigenvalue weighted by molar-refractivity contribution is 0.438. The Bertz CT molecular complexity index is 987. The van der Waals surface area contributed by atoms with Crippen molar-refractivity contribution >= 4 is 20.9 Å². The molecule has 0 aliphatic carbocycles. The molecule has 0 aliphatic rings. The second kappa shape index (κ2) is 10.9. The van der Waals surface area contributed by atoms with Crippen LogP contribution in [0, 0.1) is 0 Å². The molecule has 0 amide bonds. The summed E-state index contributed by atoms with van der Waals surface area (Å²) in [6.07, 6.45) is 0. The highest BCUT2D eigenvalue weighted by Crippen LogP contribution is 2.18. The molecule has 8 nitrogen and oxygen atoms in total. The Balaban J connectivity index is 0. The molecule has 0 aliphatic heterocycles. The van der Waals surface area contributed by atoms with Crippen LogP contribution in [-0.2, 0) is 10.1 Å². The summed E-state index contributed by atoms with van der Waals surface area (Å²) in [5.74, 6) is -0.0972. The van der Waals surface area contributed by atoms with Crippen LogP contribution in [0.25, 0.3) is 10.8 Å². The molecule has 0 bridgehead atoms. The van der Waals surface area contributed by atoms with Gasteiger partial charge in [0.05, 0.1) is 4.90 Å². The van der Waals surface area contributed by atoms with Crippen molar-refractivity contribution < 1.29 is 39.3 Å². The van der Waals surface area contributed by atoms with Gasteiger partial charge in [-0.05, 0) is 29.0 Å². The zero-order valence-corrected chi connectivity index (χ0v) is 14.3. The smallest absolute Gasteiger partial charge is 0.381 e. The van der Waals surface area contributed by atoms with Crippen LogP contribution in [-0.4, -0.2) is 39.3 Å². The first-order valence-electron chi connectivity index (χ1n) is 6.63. The molecule has 26 heavy (non-hydrogen) atoms. The maximum absolute atomic E-state index is 10.7. The summed E-state index contributed by atoms with van der Waals surface area (Å²) in [5, 5.41) is 10.5. The van der Waals surface area contributed by atoms with Crippen molar-refractivity contribution in [1.82, 2.24) is 0 Å². The third-order valence-electron chi connectivity index (χ3n) is 3.00. The van der Waals surface area contributed by atoms with Gasteiger partial charge >= 0.3 is 5.43 Å². The van der Waals surface area contributed by atoms with E-state index in [1.54, 1.807) is 36.4 Å². The highest BCUT2D eigenvalue weighted by atomic mass is 32.2. The van der Waals surface area contributed by atoms with Crippen LogP contribution in [0.5, 0.6) is 5.75 Å². The molecule has 142 valence electrons. The minimum atomic E-state index is -4.34. The lowest BCUT2D eigenvalue weighted by Gasteiger charge is -2.07. The molecule has 3 rings (SSSR count). The highest BCUT2D eigenvalue weighted by molar-refractivity contribution is 7.85. The Morgan fingerprint density at radius 3 is 1.92 bits per heavy atom. The average Bonchev–Trinajstić information content (AvgIpc) is 2.71. The normalized spacial score (nSPS) is 9.42. The summed E-state index contributed by atoms with van der Waals surface area (Å²) < 4.78 is 32.2. The van der Waals surface area contributed by atoms with Gasteiger partial charge in [-0.3, -0.25) is 4.79 Å². The van der Waals surface area contributed by atoms with Crippen LogP contribution in [0.4, 0.5) is 0 Å². The third kappa shape index (κ3) is 6.97. The molecular weight excluding hydrogens is 364 g/mol. The predicted octanol–water partition coefficient (Wildman–Crippen LogP) is -0.333. The van der Waals surface area contributed by atoms with Crippen LogP contribution < -0.4 is 5.43 Å². The summed E-state index contributed by atoms with van der Waals surface area (Å²) in [7, 11) is -4.34. The van der Waals surface area contributed by atoms with Gasteiger partial charge < -0.3 is 26.1 Å². The maximum Gasteiger partial charge on any atom is 0.381 e. The van der Waals surface area contributed by atoms with Crippen LogP contribution in [0.2, 0.25) is 0 Å². The lowest BCUT2D eigenvalue weighted by Crippen LogP contribution is -1.97. The molecule has 0 atom stereocenters. The summed E-state index contributed by atoms with van der Waals surface area (Å²) in [6.45, 7) is 0. The van der Waals surface area contributed by atoms with E-state index in [0.29, 0.717) is 0 Å². The van der Waals surface area contributed by atoms with Gasteiger partial charge in [-0.15, -0.1) is 0 Å². The number of fused-ring (bicyclic) bond motifs is 1. The largest absolute Gasteiger partial charge is 0.744 e. The van der Waals surface area contributed by atoms with Crippen LogP contribution in [0.3, 0.4) is 0 Å². The molecule has 0 radical (unpaired) electrons. The monoisotopic (exact) mass is 384 g/mol. The van der Waals surface area contributed by atoms with Crippen molar-refractivity contribution in [3.05, 3.63) is 78.2 Å². The summed E-state index contributed by atoms with van der Waals surface area (Å²) in [4.78, 5) is 8.65. The number of aromatic hydroxyl groups is 1. The second-order valence-corrected chi connectivity index (χ2v) is 6.02. The van der Waals surface area contributed by atoms with Crippen molar-refractivity contribution in [3.8, 4) is 5.75 Å². The molecule has 0 heterocycles. The van der Waals surface area contributed by atoms with Crippen molar-refractivity contribution in [1.29, 1.82) is 0 Å². The Morgan fingerprint density at radius 1 is 0.769 bits per heavy atom. The Hall–Kier alpha value is -2.82. The van der Waals surface area contributed by atoms with Gasteiger partial charge in [-0.2, -0.15) is 0 Å². The molecule has 0 saturated heterocycles. The first kappa shape index (κ1) is 25.4. The third-order valence-corrected chi connectivity index (χ3v) is 3.83. The van der Waals surface area contributed by atoms with Crippen LogP contribution in [0.1, 0.15) is 0 Å². The molecule has 3 aromatic rings. The Kier molecular flexibility index (Phi) is 10.7. The predicted molar refractivity (Wildman–Crippen MR) is 95.9 cm³/mol. The number of rotatable bonds is 1. The topological polar surface area (TPSA) is 193 Å². The van der Waals surface area contributed by atoms with Gasteiger partial charge in [-0.25, -0.2) is 8.42 Å². The first-order valence-corrected chi connectivity index (χ1v) is 8.04. The van der Waals surface area contributed by atoms with Gasteiger partial charge in [0.25, 0.3) is 0 Å². The van der Waals surface area contributed by atoms with E-state index in [1.165, 1.54) is 24.3 Å². The van der Waals surface area contributed by atoms with E-state index in [0.717, 1.165) is 10.8 Å². The van der Waals surface area contributed by atoms with E-state index in [1.807, 2.05) is 12.1 Å². The molecule has 0 spiro atoms. The summed E-state index contributed by atoms with van der Waals surface area (Å²) in [6, 6.07) is 19.5. The van der Waals surface area contributed by atoms with Crippen LogP contribution in [0.15, 0.2) is 77.7 Å². The van der Waals surface area contributed by atoms with E-state index < -0.39 is 10.1 Å². The maximum atomic E-state index is 10.7. The SMILES string of the molecule is O.O.O.O=S(=O)([O-])c1ccc2ccccc2c1.Oc1cccccc1=[OH+]. The minimum Gasteiger partial charge on any atom is -0.744 e. The van der Waals surface area contributed by atoms with E-state index in [2.05, 4.69) is 0 Å². The van der Waals surface area contributed by atoms with Crippen LogP contribution >= 0.6 is 0 Å². The fourth-order valence-corrected chi connectivity index (χ4v) is 2.36.